The second-order valence-corrected chi connectivity index (χ2v) is 5.40. The SMILES string of the molecule is O=C(O)C(O)C(I)c1ccc(O)c(I)c1. The van der Waals surface area contributed by atoms with E-state index in [1.807, 2.05) is 45.2 Å². The average Bonchev–Trinajstić information content (AvgIpc) is 2.19. The third kappa shape index (κ3) is 3.18. The first-order valence-corrected chi connectivity index (χ1v) is 6.29. The Morgan fingerprint density at radius 3 is 2.47 bits per heavy atom. The van der Waals surface area contributed by atoms with Crippen molar-refractivity contribution < 1.29 is 20.1 Å². The van der Waals surface area contributed by atoms with Gasteiger partial charge in [-0.2, -0.15) is 0 Å². The third-order valence-electron chi connectivity index (χ3n) is 1.82. The van der Waals surface area contributed by atoms with Crippen LogP contribution in [0.5, 0.6) is 5.75 Å². The maximum absolute atomic E-state index is 10.6. The molecule has 0 fully saturated rings. The largest absolute Gasteiger partial charge is 0.507 e. The zero-order valence-electron chi connectivity index (χ0n) is 7.39. The molecule has 0 saturated heterocycles. The Balaban J connectivity index is 2.96. The van der Waals surface area contributed by atoms with Gasteiger partial charge in [0, 0.05) is 0 Å². The van der Waals surface area contributed by atoms with Gasteiger partial charge in [-0.1, -0.05) is 28.7 Å². The molecule has 0 aliphatic heterocycles. The predicted octanol–water partition coefficient (Wildman–Crippen LogP) is 1.92. The van der Waals surface area contributed by atoms with E-state index < -0.39 is 16.0 Å². The lowest BCUT2D eigenvalue weighted by atomic mass is 10.1. The molecule has 1 rings (SSSR count). The van der Waals surface area contributed by atoms with E-state index in [9.17, 15) is 15.0 Å². The number of carboxylic acids is 1. The van der Waals surface area contributed by atoms with Crippen LogP contribution < -0.4 is 0 Å². The Labute approximate surface area is 114 Å². The molecule has 0 spiro atoms. The molecular weight excluding hydrogens is 426 g/mol. The number of halogens is 2. The maximum Gasteiger partial charge on any atom is 0.333 e. The third-order valence-corrected chi connectivity index (χ3v) is 4.08. The summed E-state index contributed by atoms with van der Waals surface area (Å²) in [5.41, 5.74) is 0.674. The van der Waals surface area contributed by atoms with E-state index in [-0.39, 0.29) is 5.75 Å². The molecule has 0 aromatic heterocycles. The van der Waals surface area contributed by atoms with Gasteiger partial charge in [0.25, 0.3) is 0 Å². The first-order chi connectivity index (χ1) is 6.93. The van der Waals surface area contributed by atoms with Gasteiger partial charge in [-0.25, -0.2) is 4.79 Å². The molecule has 3 N–H and O–H groups in total. The molecule has 0 heterocycles. The van der Waals surface area contributed by atoms with Gasteiger partial charge in [0.15, 0.2) is 6.10 Å². The standard InChI is InChI=1S/C9H8I2O4/c10-5-3-4(1-2-6(5)12)7(11)8(13)9(14)15/h1-3,7-8,12-13H,(H,14,15). The van der Waals surface area contributed by atoms with E-state index in [2.05, 4.69) is 0 Å². The number of phenols is 1. The van der Waals surface area contributed by atoms with Crippen molar-refractivity contribution in [3.05, 3.63) is 27.3 Å². The zero-order valence-corrected chi connectivity index (χ0v) is 11.7. The van der Waals surface area contributed by atoms with Crippen LogP contribution in [0.1, 0.15) is 9.49 Å². The number of alkyl halides is 1. The summed E-state index contributed by atoms with van der Waals surface area (Å²) in [5.74, 6) is -1.11. The van der Waals surface area contributed by atoms with Crippen LogP contribution in [0.3, 0.4) is 0 Å². The smallest absolute Gasteiger partial charge is 0.333 e. The quantitative estimate of drug-likeness (QED) is 0.502. The number of hydrogen-bond donors (Lipinski definition) is 3. The van der Waals surface area contributed by atoms with Crippen molar-refractivity contribution in [2.45, 2.75) is 10.0 Å². The number of carboxylic acid groups (broad SMARTS) is 1. The van der Waals surface area contributed by atoms with Crippen molar-refractivity contribution >= 4 is 51.2 Å². The van der Waals surface area contributed by atoms with E-state index >= 15 is 0 Å². The molecule has 15 heavy (non-hydrogen) atoms. The number of rotatable bonds is 3. The van der Waals surface area contributed by atoms with Crippen molar-refractivity contribution in [1.82, 2.24) is 0 Å². The topological polar surface area (TPSA) is 77.8 Å². The summed E-state index contributed by atoms with van der Waals surface area (Å²) in [6.07, 6.45) is -1.44. The number of aliphatic carboxylic acids is 1. The molecule has 0 aliphatic rings. The Morgan fingerprint density at radius 1 is 1.40 bits per heavy atom. The first kappa shape index (κ1) is 13.0. The Hall–Kier alpha value is -0.0900. The fourth-order valence-electron chi connectivity index (χ4n) is 1.00. The Morgan fingerprint density at radius 2 is 2.00 bits per heavy atom. The van der Waals surface area contributed by atoms with Crippen LogP contribution >= 0.6 is 45.2 Å². The second-order valence-electron chi connectivity index (χ2n) is 2.90. The zero-order chi connectivity index (χ0) is 11.6. The second kappa shape index (κ2) is 5.30. The normalized spacial score (nSPS) is 14.6. The van der Waals surface area contributed by atoms with Gasteiger partial charge in [-0.3, -0.25) is 0 Å². The number of phenolic OH excluding ortho intramolecular Hbond substituents is 1. The van der Waals surface area contributed by atoms with Crippen LogP contribution in [0, 0.1) is 3.57 Å². The lowest BCUT2D eigenvalue weighted by Crippen LogP contribution is -2.24. The first-order valence-electron chi connectivity index (χ1n) is 3.97. The van der Waals surface area contributed by atoms with Crippen LogP contribution in [0.15, 0.2) is 18.2 Å². The van der Waals surface area contributed by atoms with Crippen LogP contribution in [0.2, 0.25) is 0 Å². The van der Waals surface area contributed by atoms with Gasteiger partial charge in [0.05, 0.1) is 7.49 Å². The molecule has 0 aliphatic carbocycles. The fourth-order valence-corrected chi connectivity index (χ4v) is 2.24. The number of carbonyl (C=O) groups is 1. The highest BCUT2D eigenvalue weighted by molar-refractivity contribution is 14.1. The molecule has 2 unspecified atom stereocenters. The van der Waals surface area contributed by atoms with Gasteiger partial charge < -0.3 is 15.3 Å². The molecule has 1 aromatic carbocycles. The Bertz CT molecular complexity index is 380. The van der Waals surface area contributed by atoms with E-state index in [1.54, 1.807) is 12.1 Å². The summed E-state index contributed by atoms with van der Waals surface area (Å²) in [6.45, 7) is 0. The van der Waals surface area contributed by atoms with Crippen LogP contribution in [-0.2, 0) is 4.79 Å². The summed E-state index contributed by atoms with van der Waals surface area (Å²) >= 11 is 3.80. The molecule has 0 bridgehead atoms. The molecule has 1 aromatic rings. The molecule has 6 heteroatoms. The van der Waals surface area contributed by atoms with Crippen molar-refractivity contribution in [3.8, 4) is 5.75 Å². The van der Waals surface area contributed by atoms with Crippen molar-refractivity contribution in [1.29, 1.82) is 0 Å². The Kier molecular flexibility index (Phi) is 4.59. The van der Waals surface area contributed by atoms with Crippen molar-refractivity contribution in [2.24, 2.45) is 0 Å². The highest BCUT2D eigenvalue weighted by atomic mass is 127. The van der Waals surface area contributed by atoms with Gasteiger partial charge in [-0.15, -0.1) is 0 Å². The number of aliphatic hydroxyl groups is 1. The maximum atomic E-state index is 10.6. The van der Waals surface area contributed by atoms with Crippen molar-refractivity contribution in [3.63, 3.8) is 0 Å². The monoisotopic (exact) mass is 434 g/mol. The molecule has 2 atom stereocenters. The molecule has 82 valence electrons. The van der Waals surface area contributed by atoms with Crippen molar-refractivity contribution in [2.75, 3.05) is 0 Å². The van der Waals surface area contributed by atoms with Gasteiger partial charge >= 0.3 is 5.97 Å². The highest BCUT2D eigenvalue weighted by Gasteiger charge is 2.24. The van der Waals surface area contributed by atoms with E-state index in [1.165, 1.54) is 6.07 Å². The molecule has 0 amide bonds. The summed E-state index contributed by atoms with van der Waals surface area (Å²) in [6, 6.07) is 4.73. The molecular formula is C9H8I2O4. The van der Waals surface area contributed by atoms with Gasteiger partial charge in [0.1, 0.15) is 5.75 Å². The summed E-state index contributed by atoms with van der Waals surface area (Å²) in [5, 5.41) is 27.3. The van der Waals surface area contributed by atoms with Crippen LogP contribution in [-0.4, -0.2) is 27.4 Å². The van der Waals surface area contributed by atoms with Gasteiger partial charge in [0.2, 0.25) is 0 Å². The predicted molar refractivity (Wildman–Crippen MR) is 71.2 cm³/mol. The minimum Gasteiger partial charge on any atom is -0.507 e. The number of aliphatic hydroxyl groups excluding tert-OH is 1. The fraction of sp³-hybridized carbons (Fsp3) is 0.222. The van der Waals surface area contributed by atoms with Crippen LogP contribution in [0.4, 0.5) is 0 Å². The molecule has 0 saturated carbocycles. The van der Waals surface area contributed by atoms with Crippen LogP contribution in [0.25, 0.3) is 0 Å². The highest BCUT2D eigenvalue weighted by Crippen LogP contribution is 2.31. The molecule has 0 radical (unpaired) electrons. The summed E-state index contributed by atoms with van der Waals surface area (Å²) < 4.78 is 0.0959. The number of aromatic hydroxyl groups is 1. The van der Waals surface area contributed by atoms with E-state index in [0.717, 1.165) is 0 Å². The lowest BCUT2D eigenvalue weighted by molar-refractivity contribution is -0.146. The molecule has 4 nitrogen and oxygen atoms in total. The average molecular weight is 434 g/mol. The van der Waals surface area contributed by atoms with E-state index in [0.29, 0.717) is 9.13 Å². The summed E-state index contributed by atoms with van der Waals surface area (Å²) in [7, 11) is 0. The number of hydrogen-bond acceptors (Lipinski definition) is 3. The van der Waals surface area contributed by atoms with E-state index in [4.69, 9.17) is 5.11 Å². The number of benzene rings is 1. The minimum absolute atomic E-state index is 0.146. The minimum atomic E-state index is -1.44. The lowest BCUT2D eigenvalue weighted by Gasteiger charge is -2.14. The summed E-state index contributed by atoms with van der Waals surface area (Å²) in [4.78, 5) is 10.6. The van der Waals surface area contributed by atoms with Gasteiger partial charge in [-0.05, 0) is 40.3 Å².